The number of allylic oxidation sites excluding steroid dienone is 2. The fourth-order valence-electron chi connectivity index (χ4n) is 7.35. The maximum Gasteiger partial charge on any atom is 0.258 e. The highest BCUT2D eigenvalue weighted by atomic mass is 127. The van der Waals surface area contributed by atoms with E-state index in [-0.39, 0.29) is 35.7 Å². The van der Waals surface area contributed by atoms with Gasteiger partial charge in [0.1, 0.15) is 11.6 Å². The van der Waals surface area contributed by atoms with Crippen LogP contribution in [0.1, 0.15) is 24.3 Å². The fraction of sp³-hybridized carbons (Fsp3) is 0.250. The zero-order valence-corrected chi connectivity index (χ0v) is 27.8. The molecule has 7 rings (SSSR count). The van der Waals surface area contributed by atoms with E-state index in [0.717, 1.165) is 20.6 Å². The Kier molecular flexibility index (Phi) is 7.04. The third-order valence-corrected chi connectivity index (χ3v) is 11.9. The number of imide groups is 2. The molecule has 1 N–H and O–H groups in total. The van der Waals surface area contributed by atoms with Crippen LogP contribution in [-0.2, 0) is 19.2 Å². The second kappa shape index (κ2) is 10.4. The van der Waals surface area contributed by atoms with Gasteiger partial charge in [0, 0.05) is 19.5 Å². The maximum absolute atomic E-state index is 14.4. The lowest BCUT2D eigenvalue weighted by atomic mass is 9.56. The number of aromatic hydroxyl groups is 1. The summed E-state index contributed by atoms with van der Waals surface area (Å²) in [5.41, 5.74) is 1.32. The number of nitrogens with zero attached hydrogens (tertiary/aromatic N) is 2. The number of hydrogen-bond donors (Lipinski definition) is 1. The van der Waals surface area contributed by atoms with Crippen LogP contribution in [-0.4, -0.2) is 38.5 Å². The van der Waals surface area contributed by atoms with Crippen molar-refractivity contribution in [2.75, 3.05) is 9.80 Å². The first-order chi connectivity index (χ1) is 20.9. The number of hydrogen-bond acceptors (Lipinski definition) is 5. The summed E-state index contributed by atoms with van der Waals surface area (Å²) < 4.78 is 15.3. The molecule has 0 spiro atoms. The summed E-state index contributed by atoms with van der Waals surface area (Å²) in [4.78, 5) is 54.3. The van der Waals surface area contributed by atoms with Gasteiger partial charge in [-0.05, 0) is 108 Å². The van der Waals surface area contributed by atoms with Gasteiger partial charge in [-0.25, -0.2) is 9.29 Å². The molecule has 2 aliphatic carbocycles. The Morgan fingerprint density at radius 1 is 0.864 bits per heavy atom. The Bertz CT molecular complexity index is 1820. The van der Waals surface area contributed by atoms with E-state index in [9.17, 15) is 28.7 Å². The van der Waals surface area contributed by atoms with E-state index in [4.69, 9.17) is 23.2 Å². The van der Waals surface area contributed by atoms with Gasteiger partial charge in [0.25, 0.3) is 11.8 Å². The highest BCUT2D eigenvalue weighted by molar-refractivity contribution is 14.1. The molecule has 6 atom stereocenters. The van der Waals surface area contributed by atoms with Crippen LogP contribution >= 0.6 is 61.7 Å². The quantitative estimate of drug-likeness (QED) is 0.138. The van der Waals surface area contributed by atoms with E-state index in [1.54, 1.807) is 42.5 Å². The average Bonchev–Trinajstić information content (AvgIpc) is 3.33. The number of phenols is 1. The largest absolute Gasteiger partial charge is 0.508 e. The molecule has 6 unspecified atom stereocenters. The van der Waals surface area contributed by atoms with Crippen molar-refractivity contribution in [2.45, 2.75) is 28.5 Å². The highest BCUT2D eigenvalue weighted by Crippen LogP contribution is 2.66. The van der Waals surface area contributed by atoms with Crippen LogP contribution in [0, 0.1) is 27.1 Å². The lowest BCUT2D eigenvalue weighted by Crippen LogP contribution is -2.60. The van der Waals surface area contributed by atoms with Crippen molar-refractivity contribution < 1.29 is 28.7 Å². The van der Waals surface area contributed by atoms with E-state index >= 15 is 0 Å². The molecule has 2 heterocycles. The average molecular weight is 810 g/mol. The number of benzene rings is 3. The zero-order chi connectivity index (χ0) is 31.3. The van der Waals surface area contributed by atoms with Gasteiger partial charge in [-0.1, -0.05) is 27.6 Å². The van der Waals surface area contributed by atoms with Crippen LogP contribution in [0.2, 0.25) is 0 Å². The molecule has 44 heavy (non-hydrogen) atoms. The lowest BCUT2D eigenvalue weighted by Gasteiger charge is -2.50. The van der Waals surface area contributed by atoms with Crippen LogP contribution in [0.25, 0.3) is 0 Å². The van der Waals surface area contributed by atoms with Crippen LogP contribution in [0.5, 0.6) is 5.75 Å². The van der Waals surface area contributed by atoms with E-state index in [2.05, 4.69) is 38.5 Å². The number of carbonyl (C=O) groups is 4. The Morgan fingerprint density at radius 3 is 2.18 bits per heavy atom. The predicted molar refractivity (Wildman–Crippen MR) is 174 cm³/mol. The minimum Gasteiger partial charge on any atom is -0.508 e. The third kappa shape index (κ3) is 4.03. The molecule has 224 valence electrons. The molecular weight excluding hydrogens is 789 g/mol. The maximum atomic E-state index is 14.4. The topological polar surface area (TPSA) is 95.0 Å². The molecule has 1 saturated carbocycles. The molecule has 0 radical (unpaired) electrons. The number of rotatable bonds is 3. The first-order valence-electron chi connectivity index (χ1n) is 13.7. The van der Waals surface area contributed by atoms with Crippen molar-refractivity contribution in [3.8, 4) is 5.75 Å². The summed E-state index contributed by atoms with van der Waals surface area (Å²) in [5.74, 6) is -6.66. The van der Waals surface area contributed by atoms with Crippen molar-refractivity contribution in [1.82, 2.24) is 0 Å². The van der Waals surface area contributed by atoms with Crippen molar-refractivity contribution >= 4 is 96.7 Å². The van der Waals surface area contributed by atoms with E-state index in [1.807, 2.05) is 0 Å². The van der Waals surface area contributed by atoms with Crippen molar-refractivity contribution in [2.24, 2.45) is 17.8 Å². The molecule has 12 heteroatoms. The van der Waals surface area contributed by atoms with E-state index < -0.39 is 57.0 Å². The summed E-state index contributed by atoms with van der Waals surface area (Å²) in [5, 5.41) is 11.1. The van der Waals surface area contributed by atoms with E-state index in [1.165, 1.54) is 23.1 Å². The van der Waals surface area contributed by atoms with Gasteiger partial charge in [-0.15, -0.1) is 23.2 Å². The van der Waals surface area contributed by atoms with Crippen LogP contribution in [0.3, 0.4) is 0 Å². The molecule has 4 amide bonds. The summed E-state index contributed by atoms with van der Waals surface area (Å²) in [6, 6.07) is 16.5. The normalized spacial score (nSPS) is 31.2. The number of carbonyl (C=O) groups excluding carboxylic acids is 4. The van der Waals surface area contributed by atoms with Gasteiger partial charge in [0.2, 0.25) is 11.8 Å². The van der Waals surface area contributed by atoms with Crippen LogP contribution in [0.15, 0.2) is 82.9 Å². The Labute approximate surface area is 283 Å². The Hall–Kier alpha value is -2.80. The first kappa shape index (κ1) is 29.9. The summed E-state index contributed by atoms with van der Waals surface area (Å²) >= 11 is 20.2. The molecule has 3 fully saturated rings. The molecular formula is C32H21BrCl2FIN2O5. The zero-order valence-electron chi connectivity index (χ0n) is 22.5. The lowest BCUT2D eigenvalue weighted by molar-refractivity contribution is -0.125. The number of anilines is 2. The van der Waals surface area contributed by atoms with Gasteiger partial charge in [-0.2, -0.15) is 0 Å². The SMILES string of the molecule is O=C1C2CC=C3C(CC4(Cl)C(=O)N(c5ccc(F)cc5)C(=O)C4(Cl)C3c3cc(Br)ccc3O)C2C(=O)N1c1ccc(I)cc1. The number of phenolic OH excluding ortho intramolecular Hbond substituents is 1. The van der Waals surface area contributed by atoms with E-state index in [0.29, 0.717) is 15.7 Å². The standard InChI is InChI=1S/C32H21BrCl2FIN2O5/c33-15-1-12-24(40)22(13-15)26-20-10-11-21-25(28(42)38(27(21)41)18-8-4-17(37)5-9-18)23(20)14-31(34)29(43)39(30(44)32(26,31)35)19-6-2-16(36)3-7-19/h1-10,12-13,21,23,25-26,40H,11,14H2. The van der Waals surface area contributed by atoms with Crippen molar-refractivity contribution in [3.63, 3.8) is 0 Å². The minimum absolute atomic E-state index is 0.0832. The van der Waals surface area contributed by atoms with Crippen LogP contribution in [0.4, 0.5) is 15.8 Å². The smallest absolute Gasteiger partial charge is 0.258 e. The Morgan fingerprint density at radius 2 is 1.50 bits per heavy atom. The van der Waals surface area contributed by atoms with Gasteiger partial charge >= 0.3 is 0 Å². The first-order valence-corrected chi connectivity index (χ1v) is 16.4. The number of alkyl halides is 2. The van der Waals surface area contributed by atoms with Crippen molar-refractivity contribution in [1.29, 1.82) is 0 Å². The molecule has 0 aromatic heterocycles. The number of halogens is 5. The molecule has 4 aliphatic rings. The molecule has 3 aromatic rings. The van der Waals surface area contributed by atoms with Crippen molar-refractivity contribution in [3.05, 3.63) is 97.8 Å². The molecule has 3 aromatic carbocycles. The summed E-state index contributed by atoms with van der Waals surface area (Å²) in [6.45, 7) is 0. The second-order valence-corrected chi connectivity index (χ2v) is 14.8. The number of amides is 4. The van der Waals surface area contributed by atoms with Gasteiger partial charge in [0.05, 0.1) is 23.2 Å². The highest BCUT2D eigenvalue weighted by Gasteiger charge is 2.77. The molecule has 7 nitrogen and oxygen atoms in total. The van der Waals surface area contributed by atoms with Gasteiger partial charge in [0.15, 0.2) is 9.75 Å². The molecule has 0 bridgehead atoms. The van der Waals surface area contributed by atoms with Crippen LogP contribution < -0.4 is 9.80 Å². The fourth-order valence-corrected chi connectivity index (χ4v) is 9.01. The summed E-state index contributed by atoms with van der Waals surface area (Å²) in [7, 11) is 0. The number of fused-ring (bicyclic) bond motifs is 4. The third-order valence-electron chi connectivity index (χ3n) is 9.28. The monoisotopic (exact) mass is 808 g/mol. The van der Waals surface area contributed by atoms with Gasteiger partial charge in [-0.3, -0.25) is 24.1 Å². The van der Waals surface area contributed by atoms with Gasteiger partial charge < -0.3 is 5.11 Å². The summed E-state index contributed by atoms with van der Waals surface area (Å²) in [6.07, 6.45) is 1.79. The molecule has 2 aliphatic heterocycles. The Balaban J connectivity index is 1.41. The minimum atomic E-state index is -2.13. The molecule has 2 saturated heterocycles. The predicted octanol–water partition coefficient (Wildman–Crippen LogP) is 6.67. The second-order valence-electron chi connectivity index (χ2n) is 11.4.